The molecule has 2 heterocycles. The fourth-order valence-electron chi connectivity index (χ4n) is 3.27. The maximum absolute atomic E-state index is 12.7. The summed E-state index contributed by atoms with van der Waals surface area (Å²) in [6.07, 6.45) is 1.65. The Morgan fingerprint density at radius 2 is 1.85 bits per heavy atom. The summed E-state index contributed by atoms with van der Waals surface area (Å²) in [5.41, 5.74) is 2.61. The quantitative estimate of drug-likeness (QED) is 0.427. The number of benzene rings is 2. The van der Waals surface area contributed by atoms with Crippen molar-refractivity contribution in [2.75, 3.05) is 19.0 Å². The third-order valence-corrected chi connectivity index (χ3v) is 4.81. The van der Waals surface area contributed by atoms with Crippen LogP contribution in [0.5, 0.6) is 5.75 Å². The smallest absolute Gasteiger partial charge is 0.358 e. The first kappa shape index (κ1) is 21.8. The van der Waals surface area contributed by atoms with Gasteiger partial charge < -0.3 is 14.8 Å². The van der Waals surface area contributed by atoms with Gasteiger partial charge in [-0.15, -0.1) is 0 Å². The summed E-state index contributed by atoms with van der Waals surface area (Å²) in [5, 5.41) is 7.31. The van der Waals surface area contributed by atoms with Crippen LogP contribution in [0.1, 0.15) is 27.8 Å². The molecule has 8 heteroatoms. The van der Waals surface area contributed by atoms with Crippen molar-refractivity contribution < 1.29 is 19.1 Å². The lowest BCUT2D eigenvalue weighted by Gasteiger charge is -2.10. The third kappa shape index (κ3) is 4.90. The topological polar surface area (TPSA) is 95.3 Å². The van der Waals surface area contributed by atoms with Crippen molar-refractivity contribution in [3.63, 3.8) is 0 Å². The van der Waals surface area contributed by atoms with Crippen molar-refractivity contribution in [2.24, 2.45) is 0 Å². The molecule has 2 aromatic heterocycles. The molecule has 0 saturated heterocycles. The summed E-state index contributed by atoms with van der Waals surface area (Å²) < 4.78 is 11.9. The summed E-state index contributed by atoms with van der Waals surface area (Å²) >= 11 is 0. The summed E-state index contributed by atoms with van der Waals surface area (Å²) in [4.78, 5) is 29.4. The van der Waals surface area contributed by atoms with Crippen molar-refractivity contribution in [1.29, 1.82) is 0 Å². The molecule has 0 atom stereocenters. The van der Waals surface area contributed by atoms with Crippen LogP contribution in [0.2, 0.25) is 0 Å². The number of carbonyl (C=O) groups is 2. The zero-order valence-electron chi connectivity index (χ0n) is 18.2. The fraction of sp³-hybridized carbons (Fsp3) is 0.120. The molecule has 0 fully saturated rings. The normalized spacial score (nSPS) is 10.5. The van der Waals surface area contributed by atoms with Crippen LogP contribution in [-0.2, 0) is 4.74 Å². The first-order valence-electron chi connectivity index (χ1n) is 10.3. The van der Waals surface area contributed by atoms with Gasteiger partial charge in [0.15, 0.2) is 11.5 Å². The van der Waals surface area contributed by atoms with E-state index in [0.29, 0.717) is 28.5 Å². The number of carbonyl (C=O) groups excluding carboxylic acids is 2. The van der Waals surface area contributed by atoms with Crippen molar-refractivity contribution in [2.45, 2.75) is 6.92 Å². The predicted molar refractivity (Wildman–Crippen MR) is 124 cm³/mol. The van der Waals surface area contributed by atoms with Crippen LogP contribution in [0.3, 0.4) is 0 Å². The number of hydrogen-bond acceptors (Lipinski definition) is 6. The zero-order valence-corrected chi connectivity index (χ0v) is 18.2. The molecule has 4 aromatic rings. The average Bonchev–Trinajstić information content (AvgIpc) is 3.31. The maximum Gasteiger partial charge on any atom is 0.358 e. The number of rotatable bonds is 7. The summed E-state index contributed by atoms with van der Waals surface area (Å²) in [6, 6.07) is 21.3. The minimum absolute atomic E-state index is 0.170. The molecule has 0 aliphatic carbocycles. The van der Waals surface area contributed by atoms with Gasteiger partial charge in [0.25, 0.3) is 5.91 Å². The van der Waals surface area contributed by atoms with Crippen LogP contribution in [0.15, 0.2) is 79.0 Å². The molecule has 0 aliphatic rings. The van der Waals surface area contributed by atoms with Gasteiger partial charge in [0.05, 0.1) is 19.4 Å². The molecule has 0 aliphatic heterocycles. The van der Waals surface area contributed by atoms with Crippen LogP contribution in [0, 0.1) is 0 Å². The Hall–Kier alpha value is -4.46. The number of esters is 1. The molecule has 166 valence electrons. The minimum atomic E-state index is -0.518. The van der Waals surface area contributed by atoms with Crippen LogP contribution >= 0.6 is 0 Å². The van der Waals surface area contributed by atoms with Crippen molar-refractivity contribution in [3.05, 3.63) is 90.3 Å². The largest absolute Gasteiger partial charge is 0.497 e. The molecule has 8 nitrogen and oxygen atoms in total. The van der Waals surface area contributed by atoms with Crippen molar-refractivity contribution in [1.82, 2.24) is 14.8 Å². The SMILES string of the molecule is CCOC(=O)c1cc(-c2cccc(NC(=O)c3cccc(OC)c3)c2)n(-c2ccccn2)n1. The van der Waals surface area contributed by atoms with E-state index in [9.17, 15) is 9.59 Å². The molecule has 33 heavy (non-hydrogen) atoms. The number of aromatic nitrogens is 3. The van der Waals surface area contributed by atoms with Crippen LogP contribution in [0.4, 0.5) is 5.69 Å². The van der Waals surface area contributed by atoms with E-state index in [1.54, 1.807) is 73.4 Å². The molecule has 0 bridgehead atoms. The molecule has 4 rings (SSSR count). The maximum atomic E-state index is 12.7. The highest BCUT2D eigenvalue weighted by molar-refractivity contribution is 6.04. The van der Waals surface area contributed by atoms with Crippen LogP contribution in [-0.4, -0.2) is 40.4 Å². The molecule has 1 amide bonds. The standard InChI is InChI=1S/C25H22N4O4/c1-3-33-25(31)21-16-22(29(28-21)23-12-4-5-13-26-23)17-8-6-10-19(14-17)27-24(30)18-9-7-11-20(15-18)32-2/h4-16H,3H2,1-2H3,(H,27,30). The van der Waals surface area contributed by atoms with Gasteiger partial charge in [0.2, 0.25) is 0 Å². The molecular weight excluding hydrogens is 420 g/mol. The Morgan fingerprint density at radius 3 is 2.61 bits per heavy atom. The predicted octanol–water partition coefficient (Wildman–Crippen LogP) is 4.37. The summed E-state index contributed by atoms with van der Waals surface area (Å²) in [6.45, 7) is 1.99. The van der Waals surface area contributed by atoms with E-state index in [2.05, 4.69) is 15.4 Å². The van der Waals surface area contributed by atoms with E-state index in [0.717, 1.165) is 5.56 Å². The fourth-order valence-corrected chi connectivity index (χ4v) is 3.27. The highest BCUT2D eigenvalue weighted by atomic mass is 16.5. The number of nitrogens with one attached hydrogen (secondary N) is 1. The van der Waals surface area contributed by atoms with Crippen LogP contribution < -0.4 is 10.1 Å². The highest BCUT2D eigenvalue weighted by Crippen LogP contribution is 2.26. The van der Waals surface area contributed by atoms with Gasteiger partial charge in [0, 0.05) is 23.0 Å². The van der Waals surface area contributed by atoms with E-state index < -0.39 is 5.97 Å². The first-order chi connectivity index (χ1) is 16.1. The van der Waals surface area contributed by atoms with Gasteiger partial charge in [-0.05, 0) is 55.5 Å². The number of methoxy groups -OCH3 is 1. The molecule has 0 saturated carbocycles. The molecule has 0 spiro atoms. The molecule has 0 radical (unpaired) electrons. The van der Waals surface area contributed by atoms with Gasteiger partial charge in [-0.25, -0.2) is 14.5 Å². The molecule has 0 unspecified atom stereocenters. The Kier molecular flexibility index (Phi) is 6.45. The number of pyridine rings is 1. The van der Waals surface area contributed by atoms with Gasteiger partial charge >= 0.3 is 5.97 Å². The Labute approximate surface area is 190 Å². The second-order valence-electron chi connectivity index (χ2n) is 7.00. The van der Waals surface area contributed by atoms with Gasteiger partial charge in [0.1, 0.15) is 5.75 Å². The molecule has 1 N–H and O–H groups in total. The lowest BCUT2D eigenvalue weighted by atomic mass is 10.1. The monoisotopic (exact) mass is 442 g/mol. The zero-order chi connectivity index (χ0) is 23.2. The number of hydrogen-bond donors (Lipinski definition) is 1. The number of amides is 1. The number of nitrogens with zero attached hydrogens (tertiary/aromatic N) is 3. The first-order valence-corrected chi connectivity index (χ1v) is 10.3. The second kappa shape index (κ2) is 9.78. The number of ether oxygens (including phenoxy) is 2. The van der Waals surface area contributed by atoms with Crippen LogP contribution in [0.25, 0.3) is 17.1 Å². The van der Waals surface area contributed by atoms with E-state index in [1.807, 2.05) is 24.3 Å². The van der Waals surface area contributed by atoms with E-state index in [4.69, 9.17) is 9.47 Å². The van der Waals surface area contributed by atoms with Gasteiger partial charge in [-0.1, -0.05) is 24.3 Å². The molecule has 2 aromatic carbocycles. The van der Waals surface area contributed by atoms with Gasteiger partial charge in [-0.3, -0.25) is 4.79 Å². The van der Waals surface area contributed by atoms with E-state index in [-0.39, 0.29) is 18.2 Å². The van der Waals surface area contributed by atoms with E-state index in [1.165, 1.54) is 0 Å². The van der Waals surface area contributed by atoms with Gasteiger partial charge in [-0.2, -0.15) is 5.10 Å². The number of anilines is 1. The van der Waals surface area contributed by atoms with E-state index >= 15 is 0 Å². The lowest BCUT2D eigenvalue weighted by Crippen LogP contribution is -2.12. The van der Waals surface area contributed by atoms with Crippen molar-refractivity contribution in [3.8, 4) is 22.8 Å². The summed E-state index contributed by atoms with van der Waals surface area (Å²) in [7, 11) is 1.55. The highest BCUT2D eigenvalue weighted by Gasteiger charge is 2.18. The third-order valence-electron chi connectivity index (χ3n) is 4.81. The summed E-state index contributed by atoms with van der Waals surface area (Å²) in [5.74, 6) is 0.364. The Bertz CT molecular complexity index is 1280. The Balaban J connectivity index is 1.68. The lowest BCUT2D eigenvalue weighted by molar-refractivity contribution is 0.0519. The minimum Gasteiger partial charge on any atom is -0.497 e. The Morgan fingerprint density at radius 1 is 1.00 bits per heavy atom. The molecular formula is C25H22N4O4. The van der Waals surface area contributed by atoms with Crippen molar-refractivity contribution >= 4 is 17.6 Å². The average molecular weight is 442 g/mol. The second-order valence-corrected chi connectivity index (χ2v) is 7.00.